The van der Waals surface area contributed by atoms with E-state index in [0.29, 0.717) is 35.0 Å². The summed E-state index contributed by atoms with van der Waals surface area (Å²) in [6.45, 7) is 0.695. The van der Waals surface area contributed by atoms with Crippen molar-refractivity contribution >= 4 is 10.9 Å². The first-order chi connectivity index (χ1) is 17.2. The van der Waals surface area contributed by atoms with E-state index in [4.69, 9.17) is 14.6 Å². The molecule has 0 saturated carbocycles. The van der Waals surface area contributed by atoms with E-state index in [0.717, 1.165) is 35.9 Å². The molecule has 0 N–H and O–H groups in total. The zero-order chi connectivity index (χ0) is 23.8. The molecular formula is C25H22FN7O2. The molecule has 0 radical (unpaired) electrons. The summed E-state index contributed by atoms with van der Waals surface area (Å²) in [5.41, 5.74) is 4.00. The fourth-order valence-electron chi connectivity index (χ4n) is 4.36. The highest BCUT2D eigenvalue weighted by atomic mass is 19.1. The highest BCUT2D eigenvalue weighted by molar-refractivity contribution is 5.95. The summed E-state index contributed by atoms with van der Waals surface area (Å²) in [4.78, 5) is 8.03. The van der Waals surface area contributed by atoms with Crippen LogP contribution in [0.15, 0.2) is 61.1 Å². The highest BCUT2D eigenvalue weighted by Crippen LogP contribution is 2.35. The first-order valence-corrected chi connectivity index (χ1v) is 11.4. The van der Waals surface area contributed by atoms with Crippen LogP contribution < -0.4 is 4.74 Å². The van der Waals surface area contributed by atoms with E-state index in [1.807, 2.05) is 28.9 Å². The van der Waals surface area contributed by atoms with Crippen molar-refractivity contribution in [1.29, 1.82) is 0 Å². The van der Waals surface area contributed by atoms with Gasteiger partial charge in [-0.3, -0.25) is 0 Å². The topological polar surface area (TPSA) is 92.8 Å². The van der Waals surface area contributed by atoms with Crippen molar-refractivity contribution in [2.45, 2.75) is 25.5 Å². The Kier molecular flexibility index (Phi) is 5.42. The van der Waals surface area contributed by atoms with Crippen molar-refractivity contribution in [3.8, 4) is 34.1 Å². The highest BCUT2D eigenvalue weighted by Gasteiger charge is 2.23. The fourth-order valence-corrected chi connectivity index (χ4v) is 4.36. The normalized spacial score (nSPS) is 16.0. The van der Waals surface area contributed by atoms with E-state index < -0.39 is 5.95 Å². The monoisotopic (exact) mass is 471 g/mol. The summed E-state index contributed by atoms with van der Waals surface area (Å²) < 4.78 is 29.1. The second kappa shape index (κ2) is 8.88. The predicted octanol–water partition coefficient (Wildman–Crippen LogP) is 4.59. The van der Waals surface area contributed by atoms with Gasteiger partial charge >= 0.3 is 0 Å². The second-order valence-corrected chi connectivity index (χ2v) is 8.30. The molecular weight excluding hydrogens is 449 g/mol. The maximum Gasteiger partial charge on any atom is 0.220 e. The van der Waals surface area contributed by atoms with E-state index >= 15 is 0 Å². The molecule has 1 saturated heterocycles. The minimum Gasteiger partial charge on any atom is -0.481 e. The molecule has 1 fully saturated rings. The third-order valence-corrected chi connectivity index (χ3v) is 6.14. The molecule has 1 aliphatic rings. The number of pyridine rings is 2. The van der Waals surface area contributed by atoms with Crippen LogP contribution in [-0.2, 0) is 4.74 Å². The Morgan fingerprint density at radius 1 is 1.11 bits per heavy atom. The Morgan fingerprint density at radius 3 is 2.83 bits per heavy atom. The number of benzene rings is 1. The molecule has 0 spiro atoms. The molecule has 5 aromatic rings. The molecule has 6 rings (SSSR count). The zero-order valence-electron chi connectivity index (χ0n) is 19.0. The standard InChI is InChI=1S/C25H22FN7O2/c1-34-22-10-8-17(14-28-22)32-15-20(29-31-32)24-19-13-16(18-5-4-11-27-25(18)26)7-9-21(19)33(30-24)23-6-2-3-12-35-23/h4-5,7-11,13-15,23H,2-3,6,12H2,1H3. The molecule has 9 nitrogen and oxygen atoms in total. The van der Waals surface area contributed by atoms with Crippen LogP contribution >= 0.6 is 0 Å². The van der Waals surface area contributed by atoms with Gasteiger partial charge in [0.05, 0.1) is 30.7 Å². The van der Waals surface area contributed by atoms with Crippen LogP contribution in [0.1, 0.15) is 25.5 Å². The van der Waals surface area contributed by atoms with Gasteiger partial charge in [-0.25, -0.2) is 19.3 Å². The molecule has 1 aromatic carbocycles. The van der Waals surface area contributed by atoms with Crippen LogP contribution in [0.2, 0.25) is 0 Å². The molecule has 0 aliphatic carbocycles. The maximum absolute atomic E-state index is 14.4. The van der Waals surface area contributed by atoms with Gasteiger partial charge in [-0.1, -0.05) is 11.3 Å². The van der Waals surface area contributed by atoms with Gasteiger partial charge in [-0.15, -0.1) is 5.10 Å². The lowest BCUT2D eigenvalue weighted by atomic mass is 10.0. The fraction of sp³-hybridized carbons (Fsp3) is 0.240. The lowest BCUT2D eigenvalue weighted by molar-refractivity contribution is -0.0365. The maximum atomic E-state index is 14.4. The van der Waals surface area contributed by atoms with E-state index in [-0.39, 0.29) is 6.23 Å². The summed E-state index contributed by atoms with van der Waals surface area (Å²) in [5.74, 6) is -0.00386. The van der Waals surface area contributed by atoms with Gasteiger partial charge in [0, 0.05) is 29.8 Å². The van der Waals surface area contributed by atoms with Gasteiger partial charge in [-0.2, -0.15) is 9.49 Å². The Hall–Kier alpha value is -4.18. The summed E-state index contributed by atoms with van der Waals surface area (Å²) >= 11 is 0. The number of methoxy groups -OCH3 is 1. The van der Waals surface area contributed by atoms with Crippen LogP contribution in [0.5, 0.6) is 5.88 Å². The average molecular weight is 471 g/mol. The summed E-state index contributed by atoms with van der Waals surface area (Å²) in [6.07, 6.45) is 7.72. The van der Waals surface area contributed by atoms with Crippen LogP contribution in [0.3, 0.4) is 0 Å². The lowest BCUT2D eigenvalue weighted by Crippen LogP contribution is -2.19. The Balaban J connectivity index is 1.48. The van der Waals surface area contributed by atoms with Crippen molar-refractivity contribution in [2.75, 3.05) is 13.7 Å². The van der Waals surface area contributed by atoms with E-state index in [2.05, 4.69) is 20.3 Å². The third-order valence-electron chi connectivity index (χ3n) is 6.14. The molecule has 1 unspecified atom stereocenters. The number of ether oxygens (including phenoxy) is 2. The van der Waals surface area contributed by atoms with Crippen molar-refractivity contribution in [3.05, 3.63) is 67.0 Å². The Bertz CT molecular complexity index is 1490. The van der Waals surface area contributed by atoms with Crippen molar-refractivity contribution < 1.29 is 13.9 Å². The number of rotatable bonds is 5. The number of hydrogen-bond donors (Lipinski definition) is 0. The summed E-state index contributed by atoms with van der Waals surface area (Å²) in [6, 6.07) is 12.8. The number of nitrogens with zero attached hydrogens (tertiary/aromatic N) is 7. The quantitative estimate of drug-likeness (QED) is 0.346. The molecule has 1 atom stereocenters. The van der Waals surface area contributed by atoms with Crippen molar-refractivity contribution in [2.24, 2.45) is 0 Å². The molecule has 5 heterocycles. The van der Waals surface area contributed by atoms with Gasteiger partial charge in [0.1, 0.15) is 11.4 Å². The van der Waals surface area contributed by atoms with Crippen molar-refractivity contribution in [3.63, 3.8) is 0 Å². The molecule has 176 valence electrons. The summed E-state index contributed by atoms with van der Waals surface area (Å²) in [5, 5.41) is 14.4. The lowest BCUT2D eigenvalue weighted by Gasteiger charge is -2.23. The minimum atomic E-state index is -0.519. The molecule has 4 aromatic heterocycles. The van der Waals surface area contributed by atoms with Gasteiger partial charge in [-0.05, 0) is 55.2 Å². The van der Waals surface area contributed by atoms with E-state index in [9.17, 15) is 4.39 Å². The number of fused-ring (bicyclic) bond motifs is 1. The zero-order valence-corrected chi connectivity index (χ0v) is 19.0. The largest absolute Gasteiger partial charge is 0.481 e. The van der Waals surface area contributed by atoms with Crippen LogP contribution in [0.25, 0.3) is 39.1 Å². The van der Waals surface area contributed by atoms with E-state index in [1.54, 1.807) is 42.4 Å². The minimum absolute atomic E-state index is 0.165. The van der Waals surface area contributed by atoms with Crippen LogP contribution in [-0.4, -0.2) is 48.5 Å². The molecule has 1 aliphatic heterocycles. The van der Waals surface area contributed by atoms with Gasteiger partial charge in [0.25, 0.3) is 0 Å². The second-order valence-electron chi connectivity index (χ2n) is 8.30. The number of aromatic nitrogens is 7. The van der Waals surface area contributed by atoms with E-state index in [1.165, 1.54) is 6.20 Å². The van der Waals surface area contributed by atoms with Crippen molar-refractivity contribution in [1.82, 2.24) is 34.7 Å². The van der Waals surface area contributed by atoms with Gasteiger partial charge < -0.3 is 9.47 Å². The number of halogens is 1. The smallest absolute Gasteiger partial charge is 0.220 e. The molecule has 35 heavy (non-hydrogen) atoms. The SMILES string of the molecule is COc1ccc(-n2cc(-c3nn(C4CCCCO4)c4ccc(-c5cccnc5F)cc34)nn2)cn1. The summed E-state index contributed by atoms with van der Waals surface area (Å²) in [7, 11) is 1.57. The molecule has 0 bridgehead atoms. The predicted molar refractivity (Wildman–Crippen MR) is 126 cm³/mol. The van der Waals surface area contributed by atoms with Crippen LogP contribution in [0, 0.1) is 5.95 Å². The first-order valence-electron chi connectivity index (χ1n) is 11.4. The third kappa shape index (κ3) is 3.91. The van der Waals surface area contributed by atoms with Crippen LogP contribution in [0.4, 0.5) is 4.39 Å². The Labute approximate surface area is 200 Å². The molecule has 10 heteroatoms. The molecule has 0 amide bonds. The number of hydrogen-bond acceptors (Lipinski definition) is 7. The van der Waals surface area contributed by atoms with Gasteiger partial charge in [0.15, 0.2) is 6.23 Å². The average Bonchev–Trinajstić information content (AvgIpc) is 3.54. The first kappa shape index (κ1) is 21.4. The van der Waals surface area contributed by atoms with Gasteiger partial charge in [0.2, 0.25) is 11.8 Å². The Morgan fingerprint density at radius 2 is 2.06 bits per heavy atom.